The molecule has 1 N–H and O–H groups in total. The Morgan fingerprint density at radius 3 is 2.59 bits per heavy atom. The van der Waals surface area contributed by atoms with Crippen molar-refractivity contribution in [1.82, 2.24) is 5.32 Å². The molecule has 0 aliphatic carbocycles. The Morgan fingerprint density at radius 1 is 1.10 bits per heavy atom. The van der Waals surface area contributed by atoms with Crippen LogP contribution >= 0.6 is 11.3 Å². The van der Waals surface area contributed by atoms with Gasteiger partial charge in [-0.3, -0.25) is 4.79 Å². The summed E-state index contributed by atoms with van der Waals surface area (Å²) < 4.78 is 23.5. The summed E-state index contributed by atoms with van der Waals surface area (Å²) in [5, 5.41) is 4.74. The van der Waals surface area contributed by atoms with Crippen LogP contribution in [-0.2, 0) is 20.9 Å². The molecule has 150 valence electrons. The lowest BCUT2D eigenvalue weighted by molar-refractivity contribution is -0.124. The molecule has 2 aromatic carbocycles. The molecule has 1 atom stereocenters. The Hall–Kier alpha value is -3.03. The molecule has 0 bridgehead atoms. The molecule has 0 aliphatic rings. The van der Waals surface area contributed by atoms with Gasteiger partial charge in [-0.25, -0.2) is 9.18 Å². The number of rotatable bonds is 8. The van der Waals surface area contributed by atoms with Crippen molar-refractivity contribution in [3.05, 3.63) is 93.4 Å². The lowest BCUT2D eigenvalue weighted by Gasteiger charge is -2.18. The zero-order valence-corrected chi connectivity index (χ0v) is 16.6. The highest BCUT2D eigenvalue weighted by Gasteiger charge is 2.19. The molecule has 3 aromatic rings. The van der Waals surface area contributed by atoms with E-state index in [1.807, 2.05) is 23.6 Å². The molecular weight excluding hydrogens is 393 g/mol. The lowest BCUT2D eigenvalue weighted by atomic mass is 10.1. The number of ether oxygens (including phenoxy) is 2. The number of nitrogens with one attached hydrogen (secondary N) is 1. The summed E-state index contributed by atoms with van der Waals surface area (Å²) in [6.07, 6.45) is 0. The van der Waals surface area contributed by atoms with E-state index in [-0.39, 0.29) is 5.82 Å². The van der Waals surface area contributed by atoms with Gasteiger partial charge in [0.15, 0.2) is 6.61 Å². The summed E-state index contributed by atoms with van der Waals surface area (Å²) in [6.45, 7) is -0.0435. The Morgan fingerprint density at radius 2 is 1.90 bits per heavy atom. The molecule has 0 fully saturated rings. The quantitative estimate of drug-likeness (QED) is 0.565. The molecule has 1 amide bonds. The topological polar surface area (TPSA) is 64.6 Å². The number of amides is 1. The SMILES string of the molecule is COCc1cccc(C(=O)OCC(=O)N[C@@H](c2ccc(F)cc2)c2cccs2)c1. The van der Waals surface area contributed by atoms with Gasteiger partial charge in [0, 0.05) is 12.0 Å². The van der Waals surface area contributed by atoms with Crippen molar-refractivity contribution in [3.63, 3.8) is 0 Å². The normalized spacial score (nSPS) is 11.7. The number of hydrogen-bond acceptors (Lipinski definition) is 5. The van der Waals surface area contributed by atoms with Gasteiger partial charge in [0.05, 0.1) is 18.2 Å². The summed E-state index contributed by atoms with van der Waals surface area (Å²) in [6, 6.07) is 16.1. The predicted octanol–water partition coefficient (Wildman–Crippen LogP) is 4.10. The summed E-state index contributed by atoms with van der Waals surface area (Å²) in [5.41, 5.74) is 1.92. The van der Waals surface area contributed by atoms with E-state index >= 15 is 0 Å². The lowest BCUT2D eigenvalue weighted by Crippen LogP contribution is -2.32. The fraction of sp³-hybridized carbons (Fsp3) is 0.182. The van der Waals surface area contributed by atoms with Crippen molar-refractivity contribution in [2.45, 2.75) is 12.6 Å². The molecule has 7 heteroatoms. The third-order valence-corrected chi connectivity index (χ3v) is 5.08. The molecule has 5 nitrogen and oxygen atoms in total. The molecule has 1 aromatic heterocycles. The van der Waals surface area contributed by atoms with Crippen LogP contribution in [0.5, 0.6) is 0 Å². The third-order valence-electron chi connectivity index (χ3n) is 4.14. The van der Waals surface area contributed by atoms with E-state index in [1.54, 1.807) is 37.4 Å². The zero-order valence-electron chi connectivity index (χ0n) is 15.8. The molecule has 29 heavy (non-hydrogen) atoms. The predicted molar refractivity (Wildman–Crippen MR) is 108 cm³/mol. The highest BCUT2D eigenvalue weighted by Crippen LogP contribution is 2.26. The van der Waals surface area contributed by atoms with Gasteiger partial charge >= 0.3 is 5.97 Å². The molecule has 0 aliphatic heterocycles. The van der Waals surface area contributed by atoms with Crippen molar-refractivity contribution in [3.8, 4) is 0 Å². The van der Waals surface area contributed by atoms with E-state index in [0.717, 1.165) is 16.0 Å². The summed E-state index contributed by atoms with van der Waals surface area (Å²) in [5.74, 6) is -1.39. The van der Waals surface area contributed by atoms with E-state index < -0.39 is 24.5 Å². The first-order valence-corrected chi connectivity index (χ1v) is 9.78. The molecule has 0 spiro atoms. The minimum absolute atomic E-state index is 0.348. The van der Waals surface area contributed by atoms with Crippen LogP contribution in [0.15, 0.2) is 66.0 Å². The first kappa shape index (κ1) is 20.7. The standard InChI is InChI=1S/C22H20FNO4S/c1-27-13-15-4-2-5-17(12-15)22(26)28-14-20(25)24-21(19-6-3-11-29-19)16-7-9-18(23)10-8-16/h2-12,21H,13-14H2,1H3,(H,24,25)/t21-/m0/s1. The smallest absolute Gasteiger partial charge is 0.338 e. The number of carbonyl (C=O) groups excluding carboxylic acids is 2. The second kappa shape index (κ2) is 9.95. The highest BCUT2D eigenvalue weighted by atomic mass is 32.1. The number of benzene rings is 2. The van der Waals surface area contributed by atoms with Gasteiger partial charge in [0.1, 0.15) is 5.82 Å². The minimum atomic E-state index is -0.590. The average molecular weight is 413 g/mol. The van der Waals surface area contributed by atoms with Gasteiger partial charge < -0.3 is 14.8 Å². The van der Waals surface area contributed by atoms with E-state index in [9.17, 15) is 14.0 Å². The third kappa shape index (κ3) is 5.73. The van der Waals surface area contributed by atoms with Crippen LogP contribution in [0, 0.1) is 5.82 Å². The maximum absolute atomic E-state index is 13.3. The van der Waals surface area contributed by atoms with E-state index in [0.29, 0.717) is 12.2 Å². The fourth-order valence-corrected chi connectivity index (χ4v) is 3.60. The number of esters is 1. The van der Waals surface area contributed by atoms with Crippen molar-refractivity contribution in [1.29, 1.82) is 0 Å². The van der Waals surface area contributed by atoms with Crippen LogP contribution in [0.1, 0.15) is 32.4 Å². The fourth-order valence-electron chi connectivity index (χ4n) is 2.80. The van der Waals surface area contributed by atoms with Crippen LogP contribution in [0.2, 0.25) is 0 Å². The summed E-state index contributed by atoms with van der Waals surface area (Å²) in [4.78, 5) is 25.6. The van der Waals surface area contributed by atoms with Gasteiger partial charge in [-0.15, -0.1) is 11.3 Å². The van der Waals surface area contributed by atoms with Crippen molar-refractivity contribution < 1.29 is 23.5 Å². The van der Waals surface area contributed by atoms with Crippen molar-refractivity contribution in [2.24, 2.45) is 0 Å². The largest absolute Gasteiger partial charge is 0.452 e. The average Bonchev–Trinajstić information content (AvgIpc) is 3.26. The van der Waals surface area contributed by atoms with E-state index in [1.165, 1.54) is 23.5 Å². The highest BCUT2D eigenvalue weighted by molar-refractivity contribution is 7.10. The Bertz CT molecular complexity index is 957. The second-order valence-electron chi connectivity index (χ2n) is 6.28. The van der Waals surface area contributed by atoms with Gasteiger partial charge in [0.2, 0.25) is 0 Å². The molecule has 0 unspecified atom stereocenters. The summed E-state index contributed by atoms with van der Waals surface area (Å²) in [7, 11) is 1.57. The first-order valence-electron chi connectivity index (χ1n) is 8.90. The zero-order chi connectivity index (χ0) is 20.6. The van der Waals surface area contributed by atoms with Gasteiger partial charge in [-0.2, -0.15) is 0 Å². The van der Waals surface area contributed by atoms with Crippen LogP contribution in [0.4, 0.5) is 4.39 Å². The second-order valence-corrected chi connectivity index (χ2v) is 7.26. The van der Waals surface area contributed by atoms with Gasteiger partial charge in [-0.1, -0.05) is 30.3 Å². The summed E-state index contributed by atoms with van der Waals surface area (Å²) >= 11 is 1.47. The number of hydrogen-bond donors (Lipinski definition) is 1. The number of methoxy groups -OCH3 is 1. The number of halogens is 1. The Kier molecular flexibility index (Phi) is 7.10. The molecule has 0 saturated carbocycles. The number of thiophene rings is 1. The van der Waals surface area contributed by atoms with Crippen LogP contribution in [-0.4, -0.2) is 25.6 Å². The maximum atomic E-state index is 13.3. The van der Waals surface area contributed by atoms with E-state index in [4.69, 9.17) is 9.47 Å². The van der Waals surface area contributed by atoms with Crippen molar-refractivity contribution >= 4 is 23.2 Å². The van der Waals surface area contributed by atoms with Crippen LogP contribution < -0.4 is 5.32 Å². The molecular formula is C22H20FNO4S. The first-order chi connectivity index (χ1) is 14.1. The Labute approximate surface area is 172 Å². The van der Waals surface area contributed by atoms with Gasteiger partial charge in [-0.05, 0) is 46.8 Å². The van der Waals surface area contributed by atoms with Crippen LogP contribution in [0.25, 0.3) is 0 Å². The van der Waals surface area contributed by atoms with Crippen LogP contribution in [0.3, 0.4) is 0 Å². The minimum Gasteiger partial charge on any atom is -0.452 e. The van der Waals surface area contributed by atoms with Gasteiger partial charge in [0.25, 0.3) is 5.91 Å². The Balaban J connectivity index is 1.64. The van der Waals surface area contributed by atoms with E-state index in [2.05, 4.69) is 5.32 Å². The maximum Gasteiger partial charge on any atom is 0.338 e. The molecule has 0 radical (unpaired) electrons. The number of carbonyl (C=O) groups is 2. The molecule has 3 rings (SSSR count). The molecule has 1 heterocycles. The van der Waals surface area contributed by atoms with Crippen molar-refractivity contribution in [2.75, 3.05) is 13.7 Å². The molecule has 0 saturated heterocycles. The monoisotopic (exact) mass is 413 g/mol.